The molecule has 0 bridgehead atoms. The predicted molar refractivity (Wildman–Crippen MR) is 105 cm³/mol. The van der Waals surface area contributed by atoms with Crippen molar-refractivity contribution in [2.24, 2.45) is 0 Å². The third kappa shape index (κ3) is 4.64. The number of rotatable bonds is 4. The second kappa shape index (κ2) is 7.31. The van der Waals surface area contributed by atoms with E-state index in [1.54, 1.807) is 38.2 Å². The molecule has 0 radical (unpaired) electrons. The summed E-state index contributed by atoms with van der Waals surface area (Å²) in [5, 5.41) is 19.6. The Hall–Kier alpha value is -3.53. The molecule has 31 heavy (non-hydrogen) atoms. The molecule has 0 saturated heterocycles. The fourth-order valence-electron chi connectivity index (χ4n) is 3.29. The van der Waals surface area contributed by atoms with Crippen LogP contribution in [0.5, 0.6) is 17.2 Å². The van der Waals surface area contributed by atoms with Gasteiger partial charge in [-0.1, -0.05) is 6.07 Å². The van der Waals surface area contributed by atoms with Crippen molar-refractivity contribution in [1.29, 1.82) is 0 Å². The number of alkyl halides is 3. The standard InChI is InChI=1S/C21H18F3N3O4/c1-20(2,29)9-16-14(10-25-27-16)11-3-5-17-13(7-11)19(28)26-15-8-12(31-21(22,23)24)4-6-18(15)30-17/h3-8,10,29H,9H2,1-2H3,(H,25,27)(H,26,28). The van der Waals surface area contributed by atoms with Crippen LogP contribution in [0.4, 0.5) is 18.9 Å². The number of halogens is 3. The first-order chi connectivity index (χ1) is 14.5. The number of aromatic nitrogens is 2. The number of H-pyrrole nitrogens is 1. The highest BCUT2D eigenvalue weighted by molar-refractivity contribution is 6.08. The summed E-state index contributed by atoms with van der Waals surface area (Å²) in [5.74, 6) is -0.596. The van der Waals surface area contributed by atoms with Gasteiger partial charge in [-0.15, -0.1) is 13.2 Å². The molecule has 0 aliphatic carbocycles. The second-order valence-electron chi connectivity index (χ2n) is 7.72. The van der Waals surface area contributed by atoms with Crippen LogP contribution in [0.25, 0.3) is 11.1 Å². The lowest BCUT2D eigenvalue weighted by molar-refractivity contribution is -0.274. The van der Waals surface area contributed by atoms with E-state index in [-0.39, 0.29) is 22.7 Å². The Morgan fingerprint density at radius 3 is 2.55 bits per heavy atom. The molecule has 7 nitrogen and oxygen atoms in total. The van der Waals surface area contributed by atoms with Gasteiger partial charge in [0.25, 0.3) is 5.91 Å². The van der Waals surface area contributed by atoms with Crippen molar-refractivity contribution in [3.05, 3.63) is 53.9 Å². The van der Waals surface area contributed by atoms with Gasteiger partial charge in [-0.05, 0) is 43.7 Å². The summed E-state index contributed by atoms with van der Waals surface area (Å²) >= 11 is 0. The number of hydrogen-bond donors (Lipinski definition) is 3. The average molecular weight is 433 g/mol. The predicted octanol–water partition coefficient (Wildman–Crippen LogP) is 4.65. The van der Waals surface area contributed by atoms with Gasteiger partial charge in [-0.25, -0.2) is 0 Å². The first kappa shape index (κ1) is 20.7. The van der Waals surface area contributed by atoms with Crippen LogP contribution in [0.15, 0.2) is 42.6 Å². The molecular weight excluding hydrogens is 415 g/mol. The molecular formula is C21H18F3N3O4. The molecule has 0 fully saturated rings. The lowest BCUT2D eigenvalue weighted by Crippen LogP contribution is -2.22. The first-order valence-corrected chi connectivity index (χ1v) is 9.26. The minimum absolute atomic E-state index is 0.0514. The lowest BCUT2D eigenvalue weighted by atomic mass is 9.96. The van der Waals surface area contributed by atoms with Crippen molar-refractivity contribution in [2.75, 3.05) is 5.32 Å². The van der Waals surface area contributed by atoms with E-state index in [0.29, 0.717) is 23.2 Å². The molecule has 1 aliphatic rings. The van der Waals surface area contributed by atoms with Crippen LogP contribution in [0, 0.1) is 0 Å². The van der Waals surface area contributed by atoms with Gasteiger partial charge in [0.2, 0.25) is 0 Å². The van der Waals surface area contributed by atoms with Gasteiger partial charge in [0.15, 0.2) is 5.75 Å². The molecule has 0 spiro atoms. The number of fused-ring (bicyclic) bond motifs is 2. The van der Waals surface area contributed by atoms with Gasteiger partial charge in [-0.2, -0.15) is 5.10 Å². The summed E-state index contributed by atoms with van der Waals surface area (Å²) in [5.41, 5.74) is 1.35. The van der Waals surface area contributed by atoms with Crippen molar-refractivity contribution in [1.82, 2.24) is 10.2 Å². The maximum atomic E-state index is 12.8. The number of carbonyl (C=O) groups excluding carboxylic acids is 1. The first-order valence-electron chi connectivity index (χ1n) is 9.26. The van der Waals surface area contributed by atoms with Gasteiger partial charge in [0, 0.05) is 23.7 Å². The fraction of sp³-hybridized carbons (Fsp3) is 0.238. The number of aliphatic hydroxyl groups is 1. The quantitative estimate of drug-likeness (QED) is 0.557. The van der Waals surface area contributed by atoms with Crippen LogP contribution in [-0.2, 0) is 6.42 Å². The Kier molecular flexibility index (Phi) is 4.89. The molecule has 1 aromatic heterocycles. The van der Waals surface area contributed by atoms with Crippen LogP contribution in [0.3, 0.4) is 0 Å². The maximum Gasteiger partial charge on any atom is 0.573 e. The van der Waals surface area contributed by atoms with E-state index < -0.39 is 23.6 Å². The number of nitrogens with one attached hydrogen (secondary N) is 2. The molecule has 0 saturated carbocycles. The number of hydrogen-bond acceptors (Lipinski definition) is 5. The second-order valence-corrected chi connectivity index (χ2v) is 7.72. The molecule has 4 rings (SSSR count). The van der Waals surface area contributed by atoms with Crippen molar-refractivity contribution >= 4 is 11.6 Å². The molecule has 1 aliphatic heterocycles. The number of nitrogens with zero attached hydrogens (tertiary/aromatic N) is 1. The topological polar surface area (TPSA) is 96.5 Å². The highest BCUT2D eigenvalue weighted by Crippen LogP contribution is 2.40. The number of ether oxygens (including phenoxy) is 2. The smallest absolute Gasteiger partial charge is 0.454 e. The molecule has 2 aromatic carbocycles. The number of aromatic amines is 1. The summed E-state index contributed by atoms with van der Waals surface area (Å²) in [7, 11) is 0. The normalized spacial score (nSPS) is 13.5. The van der Waals surface area contributed by atoms with E-state index in [9.17, 15) is 23.1 Å². The van der Waals surface area contributed by atoms with Gasteiger partial charge in [0.05, 0.1) is 23.0 Å². The minimum Gasteiger partial charge on any atom is -0.454 e. The molecule has 0 unspecified atom stereocenters. The molecule has 10 heteroatoms. The van der Waals surface area contributed by atoms with Crippen LogP contribution in [0.1, 0.15) is 29.9 Å². The van der Waals surface area contributed by atoms with Crippen LogP contribution >= 0.6 is 0 Å². The number of carbonyl (C=O) groups is 1. The largest absolute Gasteiger partial charge is 0.573 e. The van der Waals surface area contributed by atoms with Gasteiger partial charge in [0.1, 0.15) is 11.5 Å². The average Bonchev–Trinajstić information content (AvgIpc) is 3.03. The molecule has 162 valence electrons. The summed E-state index contributed by atoms with van der Waals surface area (Å²) in [6.07, 6.45) is -2.95. The van der Waals surface area contributed by atoms with E-state index in [2.05, 4.69) is 20.3 Å². The summed E-state index contributed by atoms with van der Waals surface area (Å²) in [6, 6.07) is 8.37. The lowest BCUT2D eigenvalue weighted by Gasteiger charge is -2.17. The third-order valence-corrected chi connectivity index (χ3v) is 4.52. The van der Waals surface area contributed by atoms with Gasteiger partial charge >= 0.3 is 6.36 Å². The van der Waals surface area contributed by atoms with E-state index in [1.165, 1.54) is 6.07 Å². The van der Waals surface area contributed by atoms with E-state index in [4.69, 9.17) is 4.74 Å². The van der Waals surface area contributed by atoms with Crippen LogP contribution < -0.4 is 14.8 Å². The minimum atomic E-state index is -4.85. The maximum absolute atomic E-state index is 12.8. The highest BCUT2D eigenvalue weighted by Gasteiger charge is 2.32. The van der Waals surface area contributed by atoms with Crippen molar-refractivity contribution in [3.63, 3.8) is 0 Å². The van der Waals surface area contributed by atoms with E-state index in [0.717, 1.165) is 12.1 Å². The van der Waals surface area contributed by atoms with Crippen molar-refractivity contribution in [2.45, 2.75) is 32.2 Å². The zero-order valence-electron chi connectivity index (χ0n) is 16.5. The summed E-state index contributed by atoms with van der Waals surface area (Å²) in [4.78, 5) is 12.8. The Morgan fingerprint density at radius 2 is 1.84 bits per heavy atom. The van der Waals surface area contributed by atoms with Crippen molar-refractivity contribution < 1.29 is 32.5 Å². The van der Waals surface area contributed by atoms with Crippen LogP contribution in [0.2, 0.25) is 0 Å². The zero-order valence-corrected chi connectivity index (χ0v) is 16.5. The highest BCUT2D eigenvalue weighted by atomic mass is 19.4. The fourth-order valence-corrected chi connectivity index (χ4v) is 3.29. The molecule has 0 atom stereocenters. The van der Waals surface area contributed by atoms with Gasteiger partial charge < -0.3 is 19.9 Å². The Bertz CT molecular complexity index is 1150. The van der Waals surface area contributed by atoms with E-state index >= 15 is 0 Å². The Labute approximate surface area is 174 Å². The zero-order chi connectivity index (χ0) is 22.4. The number of anilines is 1. The summed E-state index contributed by atoms with van der Waals surface area (Å²) in [6.45, 7) is 3.34. The molecule has 3 aromatic rings. The number of benzene rings is 2. The number of amides is 1. The third-order valence-electron chi connectivity index (χ3n) is 4.52. The Morgan fingerprint density at radius 1 is 1.10 bits per heavy atom. The van der Waals surface area contributed by atoms with Crippen molar-refractivity contribution in [3.8, 4) is 28.4 Å². The Balaban J connectivity index is 1.67. The SMILES string of the molecule is CC(C)(O)Cc1[nH]ncc1-c1ccc2c(c1)C(=O)Nc1cc(OC(F)(F)F)ccc1O2. The monoisotopic (exact) mass is 433 g/mol. The van der Waals surface area contributed by atoms with Crippen LogP contribution in [-0.4, -0.2) is 33.2 Å². The molecule has 2 heterocycles. The molecule has 3 N–H and O–H groups in total. The summed E-state index contributed by atoms with van der Waals surface area (Å²) < 4.78 is 47.1. The van der Waals surface area contributed by atoms with Gasteiger partial charge in [-0.3, -0.25) is 9.89 Å². The molecule has 1 amide bonds. The van der Waals surface area contributed by atoms with E-state index in [1.807, 2.05) is 0 Å².